The average Bonchev–Trinajstić information content (AvgIpc) is 3.68. The van der Waals surface area contributed by atoms with E-state index >= 15 is 0 Å². The van der Waals surface area contributed by atoms with Crippen molar-refractivity contribution in [3.05, 3.63) is 0 Å². The van der Waals surface area contributed by atoms with Gasteiger partial charge in [-0.2, -0.15) is 11.8 Å². The molecular formula is C33H60N14O11S. The fraction of sp³-hybridized carbons (Fsp3) is 0.697. The highest BCUT2D eigenvalue weighted by Gasteiger charge is 2.39. The lowest BCUT2D eigenvalue weighted by molar-refractivity contribution is -0.143. The van der Waals surface area contributed by atoms with Crippen LogP contribution in [-0.2, 0) is 38.4 Å². The molecule has 59 heavy (non-hydrogen) atoms. The summed E-state index contributed by atoms with van der Waals surface area (Å²) < 4.78 is 0. The number of aliphatic imine (C=N–C) groups is 2. The predicted octanol–water partition coefficient (Wildman–Crippen LogP) is -7.21. The lowest BCUT2D eigenvalue weighted by Gasteiger charge is -2.29. The van der Waals surface area contributed by atoms with Crippen molar-refractivity contribution >= 4 is 71.0 Å². The number of guanidine groups is 2. The number of amides is 7. The van der Waals surface area contributed by atoms with Crippen LogP contribution in [0.4, 0.5) is 0 Å². The number of carboxylic acids is 1. The highest BCUT2D eigenvalue weighted by atomic mass is 32.2. The van der Waals surface area contributed by atoms with Crippen LogP contribution in [-0.4, -0.2) is 173 Å². The molecule has 1 aliphatic heterocycles. The third kappa shape index (κ3) is 19.2. The SMILES string of the molecule is CSCC[C@H](NC(=O)[C@@H]1CCCN1C(=O)[C@H](CO)NC(=O)CNC(=O)[C@H](CO)NC(=O)[C@@H](N)CCCN=C(N)N)C(=O)N[C@@H](C)C(=O)N[C@@H](CCCN=C(N)N)C(=O)O. The summed E-state index contributed by atoms with van der Waals surface area (Å²) in [4.78, 5) is 111. The van der Waals surface area contributed by atoms with Crippen LogP contribution < -0.4 is 60.6 Å². The van der Waals surface area contributed by atoms with Crippen molar-refractivity contribution in [2.75, 3.05) is 51.4 Å². The van der Waals surface area contributed by atoms with Gasteiger partial charge in [-0.3, -0.25) is 43.5 Å². The fourth-order valence-electron chi connectivity index (χ4n) is 5.56. The first kappa shape index (κ1) is 51.5. The molecule has 7 amide bonds. The van der Waals surface area contributed by atoms with Crippen molar-refractivity contribution in [2.24, 2.45) is 38.7 Å². The van der Waals surface area contributed by atoms with Crippen molar-refractivity contribution in [2.45, 2.75) is 94.2 Å². The molecule has 25 nitrogen and oxygen atoms in total. The van der Waals surface area contributed by atoms with Gasteiger partial charge in [-0.05, 0) is 63.9 Å². The number of nitrogens with two attached hydrogens (primary N) is 5. The molecule has 0 bridgehead atoms. The van der Waals surface area contributed by atoms with Crippen molar-refractivity contribution in [1.82, 2.24) is 36.8 Å². The zero-order chi connectivity index (χ0) is 44.7. The summed E-state index contributed by atoms with van der Waals surface area (Å²) in [6.07, 6.45) is 3.24. The zero-order valence-electron chi connectivity index (χ0n) is 33.2. The van der Waals surface area contributed by atoms with Gasteiger partial charge in [0.2, 0.25) is 41.4 Å². The second kappa shape index (κ2) is 27.3. The van der Waals surface area contributed by atoms with Crippen molar-refractivity contribution in [3.63, 3.8) is 0 Å². The van der Waals surface area contributed by atoms with E-state index in [4.69, 9.17) is 28.7 Å². The molecule has 0 unspecified atom stereocenters. The van der Waals surface area contributed by atoms with E-state index in [2.05, 4.69) is 41.9 Å². The molecule has 0 radical (unpaired) electrons. The molecule has 0 aromatic carbocycles. The Morgan fingerprint density at radius 1 is 0.746 bits per heavy atom. The van der Waals surface area contributed by atoms with E-state index in [-0.39, 0.29) is 63.7 Å². The van der Waals surface area contributed by atoms with E-state index in [1.165, 1.54) is 18.7 Å². The average molecular weight is 861 g/mol. The number of thioether (sulfide) groups is 1. The van der Waals surface area contributed by atoms with Crippen molar-refractivity contribution in [3.8, 4) is 0 Å². The first-order chi connectivity index (χ1) is 27.9. The van der Waals surface area contributed by atoms with Gasteiger partial charge in [0, 0.05) is 19.6 Å². The predicted molar refractivity (Wildman–Crippen MR) is 216 cm³/mol. The number of rotatable bonds is 27. The van der Waals surface area contributed by atoms with Crippen LogP contribution in [0, 0.1) is 0 Å². The Kier molecular flexibility index (Phi) is 23.8. The molecule has 7 atom stereocenters. The van der Waals surface area contributed by atoms with Gasteiger partial charge in [0.05, 0.1) is 25.8 Å². The minimum atomic E-state index is -1.53. The molecule has 0 aromatic heterocycles. The summed E-state index contributed by atoms with van der Waals surface area (Å²) in [6.45, 7) is -0.655. The standard InChI is InChI=1S/C33H60N14O11S/c1-17(25(51)45-20(31(57)58)7-4-11-40-33(37)38)42-28(54)19(9-13-59-2)44-29(55)23-8-5-12-47(23)30(56)22(16-49)43-24(50)14-41-27(53)21(15-48)46-26(52)18(34)6-3-10-39-32(35)36/h17-23,48-49H,3-16,34H2,1-2H3,(H,41,53)(H,42,54)(H,43,50)(H,44,55)(H,45,51)(H,46,52)(H,57,58)(H4,35,36,39)(H4,37,38,40)/t17-,18-,19-,20-,21-,22-,23-/m0/s1. The molecule has 1 aliphatic rings. The third-order valence-corrected chi connectivity index (χ3v) is 9.40. The van der Waals surface area contributed by atoms with Gasteiger partial charge in [-0.1, -0.05) is 0 Å². The molecule has 0 aromatic rings. The van der Waals surface area contributed by atoms with Crippen LogP contribution in [0.2, 0.25) is 0 Å². The van der Waals surface area contributed by atoms with E-state index in [1.807, 2.05) is 0 Å². The van der Waals surface area contributed by atoms with Crippen LogP contribution in [0.15, 0.2) is 9.98 Å². The Morgan fingerprint density at radius 2 is 1.34 bits per heavy atom. The van der Waals surface area contributed by atoms with Crippen molar-refractivity contribution < 1.29 is 53.7 Å². The maximum absolute atomic E-state index is 13.5. The number of aliphatic hydroxyl groups is 2. The Bertz CT molecular complexity index is 1510. The number of hydrogen-bond donors (Lipinski definition) is 14. The number of hydrogen-bond acceptors (Lipinski definition) is 14. The first-order valence-electron chi connectivity index (χ1n) is 18.7. The molecule has 0 spiro atoms. The first-order valence-corrected chi connectivity index (χ1v) is 20.1. The maximum atomic E-state index is 13.5. The van der Waals surface area contributed by atoms with Crippen LogP contribution in [0.3, 0.4) is 0 Å². The molecule has 26 heteroatoms. The van der Waals surface area contributed by atoms with Crippen LogP contribution in [0.25, 0.3) is 0 Å². The van der Waals surface area contributed by atoms with E-state index in [1.54, 1.807) is 6.26 Å². The minimum absolute atomic E-state index is 0.00646. The zero-order valence-corrected chi connectivity index (χ0v) is 34.0. The monoisotopic (exact) mass is 860 g/mol. The maximum Gasteiger partial charge on any atom is 0.326 e. The number of carboxylic acid groups (broad SMARTS) is 1. The molecule has 1 fully saturated rings. The van der Waals surface area contributed by atoms with Crippen LogP contribution in [0.1, 0.15) is 51.9 Å². The van der Waals surface area contributed by atoms with Gasteiger partial charge >= 0.3 is 5.97 Å². The summed E-state index contributed by atoms with van der Waals surface area (Å²) in [5.74, 6) is -6.85. The lowest BCUT2D eigenvalue weighted by atomic mass is 10.1. The summed E-state index contributed by atoms with van der Waals surface area (Å²) in [6, 6.07) is -8.80. The Labute approximate surface area is 345 Å². The highest BCUT2D eigenvalue weighted by Crippen LogP contribution is 2.19. The van der Waals surface area contributed by atoms with Crippen LogP contribution in [0.5, 0.6) is 0 Å². The Morgan fingerprint density at radius 3 is 1.90 bits per heavy atom. The molecule has 19 N–H and O–H groups in total. The van der Waals surface area contributed by atoms with Gasteiger partial charge in [0.15, 0.2) is 11.9 Å². The highest BCUT2D eigenvalue weighted by molar-refractivity contribution is 7.98. The topological polar surface area (TPSA) is 427 Å². The van der Waals surface area contributed by atoms with Gasteiger partial charge in [-0.15, -0.1) is 0 Å². The summed E-state index contributed by atoms with van der Waals surface area (Å²) in [7, 11) is 0. The van der Waals surface area contributed by atoms with Gasteiger partial charge in [0.1, 0.15) is 36.3 Å². The Balaban J connectivity index is 2.84. The molecule has 334 valence electrons. The lowest BCUT2D eigenvalue weighted by Crippen LogP contribution is -2.59. The third-order valence-electron chi connectivity index (χ3n) is 8.75. The second-order valence-electron chi connectivity index (χ2n) is 13.4. The molecule has 1 heterocycles. The number of aliphatic hydroxyl groups excluding tert-OH is 2. The summed E-state index contributed by atoms with van der Waals surface area (Å²) >= 11 is 1.38. The molecular weight excluding hydrogens is 801 g/mol. The largest absolute Gasteiger partial charge is 0.480 e. The number of nitrogens with zero attached hydrogens (tertiary/aromatic N) is 3. The second-order valence-corrected chi connectivity index (χ2v) is 14.4. The van der Waals surface area contributed by atoms with Gasteiger partial charge in [0.25, 0.3) is 0 Å². The quantitative estimate of drug-likeness (QED) is 0.0207. The number of carbonyl (C=O) groups is 8. The molecule has 0 aliphatic carbocycles. The Hall–Kier alpha value is -5.47. The van der Waals surface area contributed by atoms with E-state index in [9.17, 15) is 53.7 Å². The molecule has 1 saturated heterocycles. The van der Waals surface area contributed by atoms with Crippen molar-refractivity contribution in [1.29, 1.82) is 0 Å². The number of aliphatic carboxylic acids is 1. The minimum Gasteiger partial charge on any atom is -0.480 e. The van der Waals surface area contributed by atoms with Crippen LogP contribution >= 0.6 is 11.8 Å². The van der Waals surface area contributed by atoms with Gasteiger partial charge < -0.3 is 80.8 Å². The fourth-order valence-corrected chi connectivity index (χ4v) is 6.03. The van der Waals surface area contributed by atoms with E-state index in [0.29, 0.717) is 18.6 Å². The smallest absolute Gasteiger partial charge is 0.326 e. The number of nitrogens with one attached hydrogen (secondary N) is 6. The summed E-state index contributed by atoms with van der Waals surface area (Å²) in [5.41, 5.74) is 26.8. The normalized spacial score (nSPS) is 16.4. The van der Waals surface area contributed by atoms with Gasteiger partial charge in [-0.25, -0.2) is 4.79 Å². The van der Waals surface area contributed by atoms with E-state index < -0.39 is 109 Å². The number of likely N-dealkylation sites (tertiary alicyclic amines) is 1. The number of carbonyl (C=O) groups excluding carboxylic acids is 7. The molecule has 0 saturated carbocycles. The molecule has 1 rings (SSSR count). The van der Waals surface area contributed by atoms with E-state index in [0.717, 1.165) is 4.90 Å². The summed E-state index contributed by atoms with van der Waals surface area (Å²) in [5, 5.41) is 43.4.